The molecular formula is C12H26N3O+. The Labute approximate surface area is 99.5 Å². The second-order valence-corrected chi connectivity index (χ2v) is 5.17. The lowest BCUT2D eigenvalue weighted by atomic mass is 10.1. The molecule has 0 fully saturated rings. The van der Waals surface area contributed by atoms with Crippen LogP contribution < -0.4 is 5.43 Å². The highest BCUT2D eigenvalue weighted by atomic mass is 16.2. The Bertz CT molecular complexity index is 251. The Morgan fingerprint density at radius 2 is 1.88 bits per heavy atom. The van der Waals surface area contributed by atoms with Gasteiger partial charge in [0.1, 0.15) is 0 Å². The van der Waals surface area contributed by atoms with E-state index in [2.05, 4.69) is 12.3 Å². The first kappa shape index (κ1) is 15.0. The van der Waals surface area contributed by atoms with Crippen molar-refractivity contribution in [2.24, 2.45) is 0 Å². The first-order chi connectivity index (χ1) is 7.26. The average molecular weight is 228 g/mol. The molecule has 0 aliphatic rings. The summed E-state index contributed by atoms with van der Waals surface area (Å²) in [5.74, 6) is 0.0228. The number of hydrogen-bond donors (Lipinski definition) is 1. The Balaban J connectivity index is 4.57. The third kappa shape index (κ3) is 7.29. The Hall–Kier alpha value is -1.03. The normalized spacial score (nSPS) is 12.5. The molecule has 0 bridgehead atoms. The Kier molecular flexibility index (Phi) is 6.11. The van der Waals surface area contributed by atoms with Gasteiger partial charge in [-0.1, -0.05) is 13.3 Å². The highest BCUT2D eigenvalue weighted by Gasteiger charge is 2.16. The second-order valence-electron chi connectivity index (χ2n) is 5.17. The van der Waals surface area contributed by atoms with Crippen molar-refractivity contribution in [2.75, 3.05) is 35.2 Å². The molecular weight excluding hydrogens is 202 g/mol. The van der Waals surface area contributed by atoms with E-state index >= 15 is 0 Å². The fraction of sp³-hybridized carbons (Fsp3) is 0.750. The van der Waals surface area contributed by atoms with Gasteiger partial charge in [0, 0.05) is 25.9 Å². The minimum atomic E-state index is 0.0228. The van der Waals surface area contributed by atoms with Crippen LogP contribution in [0.1, 0.15) is 26.2 Å². The van der Waals surface area contributed by atoms with Crippen LogP contribution in [-0.2, 0) is 4.79 Å². The summed E-state index contributed by atoms with van der Waals surface area (Å²) in [5, 5.41) is 0. The molecule has 4 heteroatoms. The van der Waals surface area contributed by atoms with Crippen LogP contribution >= 0.6 is 0 Å². The van der Waals surface area contributed by atoms with E-state index in [1.54, 1.807) is 0 Å². The molecule has 0 atom stereocenters. The van der Waals surface area contributed by atoms with Crippen molar-refractivity contribution in [3.8, 4) is 0 Å². The van der Waals surface area contributed by atoms with Crippen molar-refractivity contribution in [3.63, 3.8) is 0 Å². The first-order valence-corrected chi connectivity index (χ1v) is 5.77. The summed E-state index contributed by atoms with van der Waals surface area (Å²) in [6.07, 6.45) is 4.88. The van der Waals surface area contributed by atoms with Gasteiger partial charge in [0.2, 0.25) is 0 Å². The van der Waals surface area contributed by atoms with E-state index < -0.39 is 0 Å². The van der Waals surface area contributed by atoms with Crippen molar-refractivity contribution in [1.82, 2.24) is 10.3 Å². The maximum absolute atomic E-state index is 12.0. The van der Waals surface area contributed by atoms with Crippen LogP contribution in [0.3, 0.4) is 0 Å². The molecule has 0 aromatic rings. The lowest BCUT2D eigenvalue weighted by molar-refractivity contribution is -0.905. The van der Waals surface area contributed by atoms with Crippen molar-refractivity contribution in [1.29, 1.82) is 0 Å². The van der Waals surface area contributed by atoms with Crippen molar-refractivity contribution in [2.45, 2.75) is 26.2 Å². The SMILES string of the molecule is CCCCC(=CN(C)C)C(=O)N[N+](C)(C)C. The van der Waals surface area contributed by atoms with Crippen LogP contribution in [0.15, 0.2) is 11.8 Å². The third-order valence-corrected chi connectivity index (χ3v) is 1.94. The molecule has 0 spiro atoms. The minimum Gasteiger partial charge on any atom is -0.383 e. The van der Waals surface area contributed by atoms with Gasteiger partial charge in [-0.15, -0.1) is 0 Å². The average Bonchev–Trinajstić information content (AvgIpc) is 2.08. The first-order valence-electron chi connectivity index (χ1n) is 5.77. The topological polar surface area (TPSA) is 32.3 Å². The summed E-state index contributed by atoms with van der Waals surface area (Å²) in [4.78, 5) is 13.9. The van der Waals surface area contributed by atoms with Crippen molar-refractivity contribution in [3.05, 3.63) is 11.8 Å². The standard InChI is InChI=1S/C12H25N3O/c1-7-8-9-11(10-14(2)3)12(16)13-15(4,5)6/h10H,7-9H2,1-6H3/p+1. The zero-order valence-corrected chi connectivity index (χ0v) is 11.5. The molecule has 16 heavy (non-hydrogen) atoms. The molecule has 0 aliphatic carbocycles. The quantitative estimate of drug-likeness (QED) is 0.423. The van der Waals surface area contributed by atoms with E-state index in [4.69, 9.17) is 0 Å². The molecule has 1 amide bonds. The monoisotopic (exact) mass is 228 g/mol. The maximum atomic E-state index is 12.0. The molecule has 4 nitrogen and oxygen atoms in total. The summed E-state index contributed by atoms with van der Waals surface area (Å²) in [6.45, 7) is 2.13. The van der Waals surface area contributed by atoms with Gasteiger partial charge < -0.3 is 4.90 Å². The van der Waals surface area contributed by atoms with Crippen LogP contribution in [0, 0.1) is 0 Å². The van der Waals surface area contributed by atoms with Gasteiger partial charge in [-0.3, -0.25) is 4.79 Å². The fourth-order valence-electron chi connectivity index (χ4n) is 1.29. The Morgan fingerprint density at radius 3 is 2.25 bits per heavy atom. The zero-order chi connectivity index (χ0) is 12.8. The Morgan fingerprint density at radius 1 is 1.31 bits per heavy atom. The van der Waals surface area contributed by atoms with E-state index in [-0.39, 0.29) is 5.91 Å². The summed E-state index contributed by atoms with van der Waals surface area (Å²) in [5.41, 5.74) is 3.78. The molecule has 0 unspecified atom stereocenters. The van der Waals surface area contributed by atoms with Gasteiger partial charge >= 0.3 is 0 Å². The number of amides is 1. The van der Waals surface area contributed by atoms with Crippen LogP contribution in [-0.4, -0.2) is 50.6 Å². The molecule has 0 radical (unpaired) electrons. The van der Waals surface area contributed by atoms with Gasteiger partial charge in [-0.05, 0) is 12.8 Å². The number of quaternary nitrogens is 1. The third-order valence-electron chi connectivity index (χ3n) is 1.94. The van der Waals surface area contributed by atoms with Gasteiger partial charge in [-0.2, -0.15) is 5.43 Å². The van der Waals surface area contributed by atoms with Crippen molar-refractivity contribution >= 4 is 5.91 Å². The van der Waals surface area contributed by atoms with Crippen molar-refractivity contribution < 1.29 is 9.39 Å². The number of unbranched alkanes of at least 4 members (excludes halogenated alkanes) is 1. The summed E-state index contributed by atoms with van der Waals surface area (Å²) >= 11 is 0. The highest BCUT2D eigenvalue weighted by molar-refractivity contribution is 5.92. The minimum absolute atomic E-state index is 0.0228. The van der Waals surface area contributed by atoms with Gasteiger partial charge in [-0.25, -0.2) is 4.59 Å². The number of hydrogen-bond acceptors (Lipinski definition) is 2. The van der Waals surface area contributed by atoms with Crippen LogP contribution in [0.2, 0.25) is 0 Å². The molecule has 0 saturated carbocycles. The number of rotatable bonds is 6. The number of nitrogens with one attached hydrogen (secondary N) is 1. The van der Waals surface area contributed by atoms with Gasteiger partial charge in [0.15, 0.2) is 0 Å². The van der Waals surface area contributed by atoms with Gasteiger partial charge in [0.25, 0.3) is 5.91 Å². The molecule has 1 N–H and O–H groups in total. The molecule has 0 aliphatic heterocycles. The maximum Gasteiger partial charge on any atom is 0.293 e. The highest BCUT2D eigenvalue weighted by Crippen LogP contribution is 2.08. The van der Waals surface area contributed by atoms with E-state index in [0.717, 1.165) is 24.8 Å². The molecule has 0 aromatic carbocycles. The number of carbonyl (C=O) groups is 1. The second kappa shape index (κ2) is 6.53. The van der Waals surface area contributed by atoms with E-state index in [9.17, 15) is 4.79 Å². The molecule has 94 valence electrons. The fourth-order valence-corrected chi connectivity index (χ4v) is 1.29. The lowest BCUT2D eigenvalue weighted by Gasteiger charge is -2.24. The molecule has 0 heterocycles. The zero-order valence-electron chi connectivity index (χ0n) is 11.5. The predicted octanol–water partition coefficient (Wildman–Crippen LogP) is 1.36. The predicted molar refractivity (Wildman–Crippen MR) is 67.5 cm³/mol. The van der Waals surface area contributed by atoms with Gasteiger partial charge in [0.05, 0.1) is 21.1 Å². The molecule has 0 saturated heterocycles. The summed E-state index contributed by atoms with van der Waals surface area (Å²) < 4.78 is 0.440. The largest absolute Gasteiger partial charge is 0.383 e. The summed E-state index contributed by atoms with van der Waals surface area (Å²) in [6, 6.07) is 0. The van der Waals surface area contributed by atoms with Crippen LogP contribution in [0.5, 0.6) is 0 Å². The smallest absolute Gasteiger partial charge is 0.293 e. The lowest BCUT2D eigenvalue weighted by Crippen LogP contribution is -2.51. The van der Waals surface area contributed by atoms with E-state index in [1.807, 2.05) is 46.3 Å². The molecule has 0 aromatic heterocycles. The summed E-state index contributed by atoms with van der Waals surface area (Å²) in [7, 11) is 9.68. The number of carbonyl (C=O) groups excluding carboxylic acids is 1. The molecule has 0 rings (SSSR count). The van der Waals surface area contributed by atoms with E-state index in [0.29, 0.717) is 4.59 Å². The van der Waals surface area contributed by atoms with Crippen LogP contribution in [0.4, 0.5) is 0 Å². The van der Waals surface area contributed by atoms with E-state index in [1.165, 1.54) is 0 Å². The number of nitrogens with zero attached hydrogens (tertiary/aromatic N) is 2. The van der Waals surface area contributed by atoms with Crippen LogP contribution in [0.25, 0.3) is 0 Å².